The first-order valence-electron chi connectivity index (χ1n) is 12.5. The topological polar surface area (TPSA) is 65.5 Å². The summed E-state index contributed by atoms with van der Waals surface area (Å²) in [6.07, 6.45) is 1.95. The van der Waals surface area contributed by atoms with Crippen molar-refractivity contribution in [3.63, 3.8) is 0 Å². The molecule has 0 aliphatic rings. The van der Waals surface area contributed by atoms with Gasteiger partial charge in [-0.05, 0) is 55.0 Å². The van der Waals surface area contributed by atoms with Gasteiger partial charge in [0.15, 0.2) is 5.78 Å². The second-order valence-electron chi connectivity index (χ2n) is 8.90. The van der Waals surface area contributed by atoms with Gasteiger partial charge in [-0.3, -0.25) is 14.6 Å². The zero-order chi connectivity index (χ0) is 28.3. The van der Waals surface area contributed by atoms with E-state index in [2.05, 4.69) is 44.0 Å². The molecule has 1 unspecified atom stereocenters. The van der Waals surface area contributed by atoms with Gasteiger partial charge in [0.2, 0.25) is 0 Å². The van der Waals surface area contributed by atoms with Crippen LogP contribution in [-0.4, -0.2) is 36.4 Å². The summed E-state index contributed by atoms with van der Waals surface area (Å²) in [7, 11) is 1.66. The number of methoxy groups -OCH3 is 1. The number of pyridine rings is 1. The molecule has 2 aromatic carbocycles. The summed E-state index contributed by atoms with van der Waals surface area (Å²) in [5.41, 5.74) is 3.24. The lowest BCUT2D eigenvalue weighted by Crippen LogP contribution is -2.22. The molecule has 0 aliphatic carbocycles. The minimum absolute atomic E-state index is 0.263. The summed E-state index contributed by atoms with van der Waals surface area (Å²) in [6, 6.07) is 12.7. The fourth-order valence-corrected chi connectivity index (χ4v) is 3.46. The molecular weight excluding hydrogens is 495 g/mol. The van der Waals surface area contributed by atoms with E-state index in [4.69, 9.17) is 9.47 Å². The first kappa shape index (κ1) is 30.5. The van der Waals surface area contributed by atoms with Crippen molar-refractivity contribution in [2.24, 2.45) is 5.92 Å². The molecule has 204 valence electrons. The van der Waals surface area contributed by atoms with Crippen molar-refractivity contribution in [1.29, 1.82) is 0 Å². The maximum atomic E-state index is 12.0. The highest BCUT2D eigenvalue weighted by atomic mass is 19.4. The van der Waals surface area contributed by atoms with E-state index in [9.17, 15) is 22.8 Å². The Hall–Kier alpha value is -3.68. The Bertz CT molecular complexity index is 1210. The van der Waals surface area contributed by atoms with Crippen LogP contribution in [0.25, 0.3) is 11.1 Å². The number of rotatable bonds is 10. The van der Waals surface area contributed by atoms with E-state index in [0.717, 1.165) is 54.2 Å². The molecule has 0 bridgehead atoms. The number of aryl methyl sites for hydroxylation is 1. The molecule has 1 aromatic heterocycles. The Morgan fingerprint density at radius 1 is 0.947 bits per heavy atom. The van der Waals surface area contributed by atoms with Crippen molar-refractivity contribution in [3.8, 4) is 22.6 Å². The van der Waals surface area contributed by atoms with E-state index >= 15 is 0 Å². The van der Waals surface area contributed by atoms with Gasteiger partial charge in [0.1, 0.15) is 11.5 Å². The first-order chi connectivity index (χ1) is 18.0. The van der Waals surface area contributed by atoms with Gasteiger partial charge in [0.25, 0.3) is 5.78 Å². The minimum Gasteiger partial charge on any atom is -0.495 e. The number of Topliss-reactive ketones (excluding diaryl/α,β-unsaturated/α-hetero) is 2. The van der Waals surface area contributed by atoms with Crippen LogP contribution >= 0.6 is 0 Å². The molecule has 1 atom stereocenters. The lowest BCUT2D eigenvalue weighted by molar-refractivity contribution is -0.0885. The van der Waals surface area contributed by atoms with Crippen LogP contribution in [0.3, 0.4) is 0 Å². The van der Waals surface area contributed by atoms with E-state index in [-0.39, 0.29) is 11.3 Å². The van der Waals surface area contributed by atoms with Crippen LogP contribution in [0.1, 0.15) is 66.8 Å². The molecule has 0 saturated carbocycles. The summed E-state index contributed by atoms with van der Waals surface area (Å²) in [6.45, 7) is 8.72. The molecular formula is C30H34F3NO4. The zero-order valence-electron chi connectivity index (χ0n) is 22.4. The van der Waals surface area contributed by atoms with Gasteiger partial charge < -0.3 is 9.47 Å². The van der Waals surface area contributed by atoms with E-state index in [0.29, 0.717) is 5.92 Å². The smallest absolute Gasteiger partial charge is 0.454 e. The number of halogens is 3. The lowest BCUT2D eigenvalue weighted by Gasteiger charge is -2.14. The fourth-order valence-electron chi connectivity index (χ4n) is 3.46. The van der Waals surface area contributed by atoms with Crippen LogP contribution in [0.15, 0.2) is 60.9 Å². The molecule has 3 aromatic rings. The second kappa shape index (κ2) is 14.3. The van der Waals surface area contributed by atoms with Crippen molar-refractivity contribution >= 4 is 11.6 Å². The largest absolute Gasteiger partial charge is 0.495 e. The third kappa shape index (κ3) is 9.01. The predicted octanol–water partition coefficient (Wildman–Crippen LogP) is 7.77. The van der Waals surface area contributed by atoms with Crippen LogP contribution in [-0.2, 0) is 6.42 Å². The molecule has 0 N–H and O–H groups in total. The molecule has 0 amide bonds. The Labute approximate surface area is 222 Å². The zero-order valence-corrected chi connectivity index (χ0v) is 22.4. The number of ketones is 2. The SMILES string of the molecule is CC(=O)c1ccc(C(=O)C(F)(F)F)cc1.CCc1cc(-c2cncc(OC)c2)ccc1OCCC(C)CC. The number of nitrogens with zero attached hydrogens (tertiary/aromatic N) is 1. The highest BCUT2D eigenvalue weighted by molar-refractivity contribution is 6.01. The van der Waals surface area contributed by atoms with E-state index in [1.54, 1.807) is 13.3 Å². The second-order valence-corrected chi connectivity index (χ2v) is 8.90. The van der Waals surface area contributed by atoms with E-state index in [1.165, 1.54) is 31.0 Å². The molecule has 0 spiro atoms. The van der Waals surface area contributed by atoms with Gasteiger partial charge in [-0.2, -0.15) is 13.2 Å². The monoisotopic (exact) mass is 529 g/mol. The van der Waals surface area contributed by atoms with Crippen LogP contribution in [0.5, 0.6) is 11.5 Å². The van der Waals surface area contributed by atoms with Crippen molar-refractivity contribution in [3.05, 3.63) is 77.6 Å². The van der Waals surface area contributed by atoms with Crippen molar-refractivity contribution in [2.45, 2.75) is 53.1 Å². The summed E-state index contributed by atoms with van der Waals surface area (Å²) < 4.78 is 47.2. The van der Waals surface area contributed by atoms with Crippen molar-refractivity contribution in [2.75, 3.05) is 13.7 Å². The number of benzene rings is 2. The van der Waals surface area contributed by atoms with Crippen LogP contribution in [0.2, 0.25) is 0 Å². The summed E-state index contributed by atoms with van der Waals surface area (Å²) >= 11 is 0. The van der Waals surface area contributed by atoms with Crippen LogP contribution < -0.4 is 9.47 Å². The number of alkyl halides is 3. The normalized spacial score (nSPS) is 11.7. The Kier molecular flexibility index (Phi) is 11.5. The van der Waals surface area contributed by atoms with Gasteiger partial charge >= 0.3 is 6.18 Å². The number of hydrogen-bond acceptors (Lipinski definition) is 5. The predicted molar refractivity (Wildman–Crippen MR) is 142 cm³/mol. The Morgan fingerprint density at radius 2 is 1.61 bits per heavy atom. The maximum absolute atomic E-state index is 12.0. The third-order valence-electron chi connectivity index (χ3n) is 6.10. The van der Waals surface area contributed by atoms with Crippen molar-refractivity contribution < 1.29 is 32.2 Å². The molecule has 1 heterocycles. The van der Waals surface area contributed by atoms with Crippen LogP contribution in [0, 0.1) is 5.92 Å². The van der Waals surface area contributed by atoms with Crippen LogP contribution in [0.4, 0.5) is 13.2 Å². The average Bonchev–Trinajstić information content (AvgIpc) is 2.92. The first-order valence-corrected chi connectivity index (χ1v) is 12.5. The Morgan fingerprint density at radius 3 is 2.16 bits per heavy atom. The molecule has 5 nitrogen and oxygen atoms in total. The minimum atomic E-state index is -4.88. The lowest BCUT2D eigenvalue weighted by atomic mass is 10.0. The van der Waals surface area contributed by atoms with Gasteiger partial charge in [0, 0.05) is 22.9 Å². The molecule has 0 saturated heterocycles. The molecule has 0 fully saturated rings. The van der Waals surface area contributed by atoms with Gasteiger partial charge in [-0.1, -0.05) is 57.5 Å². The molecule has 8 heteroatoms. The maximum Gasteiger partial charge on any atom is 0.454 e. The van der Waals surface area contributed by atoms with Gasteiger partial charge in [0.05, 0.1) is 19.9 Å². The number of carbonyl (C=O) groups is 2. The molecule has 3 rings (SSSR count). The number of hydrogen-bond donors (Lipinski definition) is 0. The van der Waals surface area contributed by atoms with E-state index < -0.39 is 17.5 Å². The number of ether oxygens (including phenoxy) is 2. The summed E-state index contributed by atoms with van der Waals surface area (Å²) in [5.74, 6) is 0.311. The quantitative estimate of drug-likeness (QED) is 0.251. The average molecular weight is 530 g/mol. The third-order valence-corrected chi connectivity index (χ3v) is 6.10. The molecule has 0 aliphatic heterocycles. The number of carbonyl (C=O) groups excluding carboxylic acids is 2. The highest BCUT2D eigenvalue weighted by Crippen LogP contribution is 2.29. The van der Waals surface area contributed by atoms with Crippen molar-refractivity contribution in [1.82, 2.24) is 4.98 Å². The van der Waals surface area contributed by atoms with Gasteiger partial charge in [-0.15, -0.1) is 0 Å². The molecule has 38 heavy (non-hydrogen) atoms. The summed E-state index contributed by atoms with van der Waals surface area (Å²) in [4.78, 5) is 25.8. The van der Waals surface area contributed by atoms with E-state index in [1.807, 2.05) is 12.3 Å². The highest BCUT2D eigenvalue weighted by Gasteiger charge is 2.39. The Balaban J connectivity index is 0.000000293. The molecule has 0 radical (unpaired) electrons. The van der Waals surface area contributed by atoms with Gasteiger partial charge in [-0.25, -0.2) is 0 Å². The summed E-state index contributed by atoms with van der Waals surface area (Å²) in [5, 5.41) is 0. The number of aromatic nitrogens is 1. The fraction of sp³-hybridized carbons (Fsp3) is 0.367. The standard InChI is InChI=1S/C20H27NO2.C10H7F3O2/c1-5-15(3)9-10-23-20-8-7-17(11-16(20)6-2)18-12-19(22-4)14-21-13-18;1-6(14)7-2-4-8(5-3-7)9(15)10(11,12)13/h7-8,11-15H,5-6,9-10H2,1-4H3;2-5H,1H3.